The average Bonchev–Trinajstić information content (AvgIpc) is 3.37. The third-order valence-corrected chi connectivity index (χ3v) is 7.28. The third-order valence-electron chi connectivity index (χ3n) is 7.06. The van der Waals surface area contributed by atoms with Gasteiger partial charge in [-0.15, -0.1) is 0 Å². The van der Waals surface area contributed by atoms with Gasteiger partial charge in [-0.05, 0) is 57.6 Å². The lowest BCUT2D eigenvalue weighted by atomic mass is 9.66. The van der Waals surface area contributed by atoms with Crippen LogP contribution in [0.4, 0.5) is 4.39 Å². The lowest BCUT2D eigenvalue weighted by Gasteiger charge is -2.34. The van der Waals surface area contributed by atoms with Crippen LogP contribution in [0.15, 0.2) is 114 Å². The predicted molar refractivity (Wildman–Crippen MR) is 136 cm³/mol. The zero-order chi connectivity index (χ0) is 22.9. The molecule has 0 spiro atoms. The zero-order valence-corrected chi connectivity index (χ0v) is 18.8. The molecule has 0 fully saturated rings. The maximum Gasteiger partial charge on any atom is 0.137 e. The maximum atomic E-state index is 14.6. The number of fused-ring (bicyclic) bond motifs is 6. The van der Waals surface area contributed by atoms with Crippen LogP contribution >= 0.6 is 11.6 Å². The molecule has 0 saturated heterocycles. The Balaban J connectivity index is 1.75. The van der Waals surface area contributed by atoms with Crippen molar-refractivity contribution in [3.05, 3.63) is 142 Å². The van der Waals surface area contributed by atoms with Gasteiger partial charge in [-0.25, -0.2) is 4.39 Å². The van der Waals surface area contributed by atoms with Gasteiger partial charge in [0, 0.05) is 21.9 Å². The molecule has 0 radical (unpaired) electrons. The van der Waals surface area contributed by atoms with Crippen molar-refractivity contribution in [2.75, 3.05) is 0 Å². The van der Waals surface area contributed by atoms with Crippen molar-refractivity contribution < 1.29 is 8.81 Å². The molecule has 1 heterocycles. The van der Waals surface area contributed by atoms with Crippen LogP contribution in [0, 0.1) is 5.82 Å². The molecule has 1 nitrogen and oxygen atoms in total. The van der Waals surface area contributed by atoms with E-state index in [1.54, 1.807) is 12.1 Å². The van der Waals surface area contributed by atoms with Crippen molar-refractivity contribution in [3.63, 3.8) is 0 Å². The Morgan fingerprint density at radius 1 is 0.618 bits per heavy atom. The fourth-order valence-electron chi connectivity index (χ4n) is 5.82. The van der Waals surface area contributed by atoms with Crippen molar-refractivity contribution in [2.45, 2.75) is 5.41 Å². The van der Waals surface area contributed by atoms with Crippen molar-refractivity contribution in [3.8, 4) is 11.1 Å². The van der Waals surface area contributed by atoms with Crippen LogP contribution in [0.3, 0.4) is 0 Å². The molecular weight excluding hydrogens is 443 g/mol. The van der Waals surface area contributed by atoms with E-state index in [-0.39, 0.29) is 5.82 Å². The van der Waals surface area contributed by atoms with Gasteiger partial charge in [-0.1, -0.05) is 90.5 Å². The third kappa shape index (κ3) is 2.49. The van der Waals surface area contributed by atoms with Crippen LogP contribution < -0.4 is 0 Å². The van der Waals surface area contributed by atoms with Crippen molar-refractivity contribution in [1.29, 1.82) is 0 Å². The topological polar surface area (TPSA) is 13.1 Å². The standard InChI is InChI=1S/C31H18ClFO/c32-20-16-27(30-23-11-5-7-13-28(23)34-29(30)17-20)31(19-8-2-1-3-9-19)25-12-6-4-10-22(25)24-18-21(33)14-15-26(24)31/h1-18H. The maximum absolute atomic E-state index is 14.6. The minimum Gasteiger partial charge on any atom is -0.456 e. The lowest BCUT2D eigenvalue weighted by Crippen LogP contribution is -2.28. The van der Waals surface area contributed by atoms with E-state index in [2.05, 4.69) is 42.5 Å². The van der Waals surface area contributed by atoms with Crippen molar-refractivity contribution in [2.24, 2.45) is 0 Å². The first-order valence-electron chi connectivity index (χ1n) is 11.2. The highest BCUT2D eigenvalue weighted by atomic mass is 35.5. The minimum atomic E-state index is -0.684. The van der Waals surface area contributed by atoms with Crippen LogP contribution in [0.1, 0.15) is 22.3 Å². The van der Waals surface area contributed by atoms with Gasteiger partial charge >= 0.3 is 0 Å². The summed E-state index contributed by atoms with van der Waals surface area (Å²) < 4.78 is 20.8. The Labute approximate surface area is 201 Å². The number of para-hydroxylation sites is 1. The summed E-state index contributed by atoms with van der Waals surface area (Å²) in [5, 5.41) is 2.66. The summed E-state index contributed by atoms with van der Waals surface area (Å²) in [6.45, 7) is 0. The number of hydrogen-bond acceptors (Lipinski definition) is 1. The number of rotatable bonds is 2. The van der Waals surface area contributed by atoms with Crippen LogP contribution in [0.25, 0.3) is 33.1 Å². The molecule has 7 rings (SSSR count). The van der Waals surface area contributed by atoms with E-state index >= 15 is 0 Å². The molecule has 5 aromatic carbocycles. The van der Waals surface area contributed by atoms with Gasteiger partial charge in [0.05, 0.1) is 5.41 Å². The summed E-state index contributed by atoms with van der Waals surface area (Å²) in [7, 11) is 0. The molecule has 1 aromatic heterocycles. The molecule has 6 aromatic rings. The number of hydrogen-bond donors (Lipinski definition) is 0. The second kappa shape index (κ2) is 7.06. The Kier molecular flexibility index (Phi) is 4.06. The smallest absolute Gasteiger partial charge is 0.137 e. The van der Waals surface area contributed by atoms with Gasteiger partial charge in [0.15, 0.2) is 0 Å². The average molecular weight is 461 g/mol. The highest BCUT2D eigenvalue weighted by Crippen LogP contribution is 2.58. The first-order valence-corrected chi connectivity index (χ1v) is 11.6. The highest BCUT2D eigenvalue weighted by molar-refractivity contribution is 6.32. The second-order valence-corrected chi connectivity index (χ2v) is 9.21. The summed E-state index contributed by atoms with van der Waals surface area (Å²) in [6.07, 6.45) is 0. The number of halogens is 2. The summed E-state index contributed by atoms with van der Waals surface area (Å²) in [6, 6.07) is 35.8. The minimum absolute atomic E-state index is 0.248. The van der Waals surface area contributed by atoms with Gasteiger partial charge in [0.1, 0.15) is 17.0 Å². The normalized spacial score (nSPS) is 16.6. The molecule has 1 unspecified atom stereocenters. The molecule has 1 aliphatic carbocycles. The first-order chi connectivity index (χ1) is 16.7. The van der Waals surface area contributed by atoms with Gasteiger partial charge in [-0.3, -0.25) is 0 Å². The van der Waals surface area contributed by atoms with Crippen LogP contribution in [0.5, 0.6) is 0 Å². The number of benzene rings is 5. The van der Waals surface area contributed by atoms with Crippen molar-refractivity contribution in [1.82, 2.24) is 0 Å². The molecular formula is C31H18ClFO. The monoisotopic (exact) mass is 460 g/mol. The van der Waals surface area contributed by atoms with Crippen LogP contribution in [-0.2, 0) is 5.41 Å². The molecule has 0 aliphatic heterocycles. The van der Waals surface area contributed by atoms with Gasteiger partial charge < -0.3 is 4.42 Å². The van der Waals surface area contributed by atoms with E-state index in [0.29, 0.717) is 5.02 Å². The Morgan fingerprint density at radius 2 is 1.35 bits per heavy atom. The Bertz CT molecular complexity index is 1730. The van der Waals surface area contributed by atoms with Crippen molar-refractivity contribution >= 4 is 33.5 Å². The molecule has 1 atom stereocenters. The summed E-state index contributed by atoms with van der Waals surface area (Å²) >= 11 is 6.74. The van der Waals surface area contributed by atoms with Gasteiger partial charge in [-0.2, -0.15) is 0 Å². The van der Waals surface area contributed by atoms with E-state index in [4.69, 9.17) is 16.0 Å². The molecule has 162 valence electrons. The predicted octanol–water partition coefficient (Wildman–Crippen LogP) is 8.74. The highest BCUT2D eigenvalue weighted by Gasteiger charge is 2.47. The largest absolute Gasteiger partial charge is 0.456 e. The van der Waals surface area contributed by atoms with Gasteiger partial charge in [0.2, 0.25) is 0 Å². The first kappa shape index (κ1) is 19.6. The molecule has 0 amide bonds. The van der Waals surface area contributed by atoms with E-state index in [1.165, 1.54) is 0 Å². The van der Waals surface area contributed by atoms with E-state index < -0.39 is 5.41 Å². The fraction of sp³-hybridized carbons (Fsp3) is 0.0323. The Hall–Kier alpha value is -3.88. The van der Waals surface area contributed by atoms with Crippen LogP contribution in [-0.4, -0.2) is 0 Å². The molecule has 0 bridgehead atoms. The second-order valence-electron chi connectivity index (χ2n) is 8.78. The molecule has 3 heteroatoms. The van der Waals surface area contributed by atoms with E-state index in [1.807, 2.05) is 54.6 Å². The SMILES string of the molecule is Fc1ccc2c(c1)-c1ccccc1C2(c1ccccc1)c1cc(Cl)cc2oc3ccccc3c12. The van der Waals surface area contributed by atoms with Crippen LogP contribution in [0.2, 0.25) is 5.02 Å². The quantitative estimate of drug-likeness (QED) is 0.251. The molecule has 1 aliphatic rings. The van der Waals surface area contributed by atoms with E-state index in [9.17, 15) is 4.39 Å². The number of furan rings is 1. The summed E-state index contributed by atoms with van der Waals surface area (Å²) in [4.78, 5) is 0. The van der Waals surface area contributed by atoms with Gasteiger partial charge in [0.25, 0.3) is 0 Å². The molecule has 0 saturated carbocycles. The fourth-order valence-corrected chi connectivity index (χ4v) is 6.03. The molecule has 34 heavy (non-hydrogen) atoms. The lowest BCUT2D eigenvalue weighted by molar-refractivity contribution is 0.626. The summed E-state index contributed by atoms with van der Waals surface area (Å²) in [5.41, 5.74) is 7.08. The zero-order valence-electron chi connectivity index (χ0n) is 18.1. The summed E-state index contributed by atoms with van der Waals surface area (Å²) in [5.74, 6) is -0.248. The molecule has 0 N–H and O–H groups in total. The Morgan fingerprint density at radius 3 is 2.24 bits per heavy atom. The van der Waals surface area contributed by atoms with E-state index in [0.717, 1.165) is 55.3 Å².